The number of nitrogens with one attached hydrogen (secondary N) is 1. The minimum Gasteiger partial charge on any atom is -0.393 e. The number of benzene rings is 1. The van der Waals surface area contributed by atoms with Gasteiger partial charge < -0.3 is 9.84 Å². The van der Waals surface area contributed by atoms with Crippen LogP contribution in [0.1, 0.15) is 12.5 Å². The maximum atomic E-state index is 11.2. The van der Waals surface area contributed by atoms with Crippen molar-refractivity contribution in [3.63, 3.8) is 0 Å². The van der Waals surface area contributed by atoms with Gasteiger partial charge in [-0.3, -0.25) is 10.0 Å². The third-order valence-electron chi connectivity index (χ3n) is 2.28. The average molecular weight is 225 g/mol. The summed E-state index contributed by atoms with van der Waals surface area (Å²) in [5.41, 5.74) is 0.911. The fraction of sp³-hybridized carbons (Fsp3) is 0.364. The summed E-state index contributed by atoms with van der Waals surface area (Å²) in [6.45, 7) is 1.08. The van der Waals surface area contributed by atoms with Crippen LogP contribution < -0.4 is 5.48 Å². The van der Waals surface area contributed by atoms with Gasteiger partial charge in [0.05, 0.1) is 13.2 Å². The molecule has 0 aromatic heterocycles. The summed E-state index contributed by atoms with van der Waals surface area (Å²) in [6.07, 6.45) is 0. The number of aliphatic hydroxyl groups is 1. The summed E-state index contributed by atoms with van der Waals surface area (Å²) in [5.74, 6) is -0.772. The van der Waals surface area contributed by atoms with Crippen molar-refractivity contribution in [2.45, 2.75) is 19.1 Å². The SMILES string of the molecule is CC(CO)(OCc1ccccc1)C(=O)NO. The van der Waals surface area contributed by atoms with Crippen LogP contribution in [-0.2, 0) is 16.1 Å². The van der Waals surface area contributed by atoms with Crippen molar-refractivity contribution in [2.75, 3.05) is 6.61 Å². The minimum absolute atomic E-state index is 0.186. The van der Waals surface area contributed by atoms with Gasteiger partial charge in [-0.2, -0.15) is 0 Å². The van der Waals surface area contributed by atoms with Crippen molar-refractivity contribution in [2.24, 2.45) is 0 Å². The molecule has 1 atom stereocenters. The number of carbonyl (C=O) groups excluding carboxylic acids is 1. The smallest absolute Gasteiger partial charge is 0.277 e. The highest BCUT2D eigenvalue weighted by Crippen LogP contribution is 2.13. The zero-order chi connectivity index (χ0) is 12.0. The van der Waals surface area contributed by atoms with Crippen LogP contribution in [0.2, 0.25) is 0 Å². The van der Waals surface area contributed by atoms with Crippen molar-refractivity contribution in [3.05, 3.63) is 35.9 Å². The second-order valence-corrected chi connectivity index (χ2v) is 3.60. The summed E-state index contributed by atoms with van der Waals surface area (Å²) < 4.78 is 5.30. The Labute approximate surface area is 93.6 Å². The van der Waals surface area contributed by atoms with E-state index >= 15 is 0 Å². The molecule has 1 unspecified atom stereocenters. The quantitative estimate of drug-likeness (QED) is 0.502. The molecule has 0 heterocycles. The van der Waals surface area contributed by atoms with Crippen LogP contribution in [0.3, 0.4) is 0 Å². The Morgan fingerprint density at radius 1 is 1.44 bits per heavy atom. The third kappa shape index (κ3) is 3.03. The van der Waals surface area contributed by atoms with E-state index in [-0.39, 0.29) is 6.61 Å². The van der Waals surface area contributed by atoms with Crippen molar-refractivity contribution in [1.29, 1.82) is 0 Å². The van der Waals surface area contributed by atoms with Gasteiger partial charge in [0, 0.05) is 0 Å². The molecule has 5 nitrogen and oxygen atoms in total. The summed E-state index contributed by atoms with van der Waals surface area (Å²) in [5, 5.41) is 17.6. The van der Waals surface area contributed by atoms with E-state index in [1.807, 2.05) is 30.3 Å². The largest absolute Gasteiger partial charge is 0.393 e. The van der Waals surface area contributed by atoms with Gasteiger partial charge in [-0.1, -0.05) is 30.3 Å². The molecule has 0 aliphatic rings. The molecule has 0 saturated heterocycles. The Kier molecular flexibility index (Phi) is 4.42. The molecule has 0 saturated carbocycles. The molecule has 1 amide bonds. The number of hydroxylamine groups is 1. The standard InChI is InChI=1S/C11H15NO4/c1-11(8-13,10(14)12-15)16-7-9-5-3-2-4-6-9/h2-6,13,15H,7-8H2,1H3,(H,12,14). The predicted octanol–water partition coefficient (Wildman–Crippen LogP) is 0.460. The maximum Gasteiger partial charge on any atom is 0.277 e. The van der Waals surface area contributed by atoms with Gasteiger partial charge in [0.25, 0.3) is 5.91 Å². The van der Waals surface area contributed by atoms with E-state index in [2.05, 4.69) is 0 Å². The average Bonchev–Trinajstić information content (AvgIpc) is 2.36. The molecule has 0 aliphatic carbocycles. The lowest BCUT2D eigenvalue weighted by Crippen LogP contribution is -2.48. The molecule has 1 aromatic rings. The summed E-state index contributed by atoms with van der Waals surface area (Å²) in [7, 11) is 0. The topological polar surface area (TPSA) is 78.8 Å². The monoisotopic (exact) mass is 225 g/mol. The molecule has 88 valence electrons. The molecular weight excluding hydrogens is 210 g/mol. The van der Waals surface area contributed by atoms with Crippen molar-refractivity contribution < 1.29 is 19.8 Å². The number of rotatable bonds is 5. The number of hydrogen-bond acceptors (Lipinski definition) is 4. The summed E-state index contributed by atoms with van der Waals surface area (Å²) in [4.78, 5) is 11.2. The van der Waals surface area contributed by atoms with Crippen LogP contribution in [0.15, 0.2) is 30.3 Å². The van der Waals surface area contributed by atoms with E-state index in [1.165, 1.54) is 12.4 Å². The van der Waals surface area contributed by atoms with Gasteiger partial charge in [-0.05, 0) is 12.5 Å². The van der Waals surface area contributed by atoms with Crippen LogP contribution >= 0.6 is 0 Å². The molecule has 0 radical (unpaired) electrons. The van der Waals surface area contributed by atoms with Crippen LogP contribution in [-0.4, -0.2) is 28.4 Å². The zero-order valence-corrected chi connectivity index (χ0v) is 9.01. The highest BCUT2D eigenvalue weighted by atomic mass is 16.5. The lowest BCUT2D eigenvalue weighted by Gasteiger charge is -2.25. The first-order chi connectivity index (χ1) is 7.62. The van der Waals surface area contributed by atoms with E-state index in [1.54, 1.807) is 0 Å². The Hall–Kier alpha value is -1.43. The van der Waals surface area contributed by atoms with E-state index in [0.717, 1.165) is 5.56 Å². The van der Waals surface area contributed by atoms with Gasteiger partial charge in [0.1, 0.15) is 0 Å². The Morgan fingerprint density at radius 2 is 2.06 bits per heavy atom. The van der Waals surface area contributed by atoms with Crippen molar-refractivity contribution in [3.8, 4) is 0 Å². The number of hydrogen-bond donors (Lipinski definition) is 3. The van der Waals surface area contributed by atoms with Crippen molar-refractivity contribution in [1.82, 2.24) is 5.48 Å². The van der Waals surface area contributed by atoms with E-state index in [9.17, 15) is 4.79 Å². The Balaban J connectivity index is 2.62. The Bertz CT molecular complexity index is 341. The molecule has 16 heavy (non-hydrogen) atoms. The van der Waals surface area contributed by atoms with Crippen LogP contribution in [0.25, 0.3) is 0 Å². The first-order valence-electron chi connectivity index (χ1n) is 4.85. The minimum atomic E-state index is -1.44. The van der Waals surface area contributed by atoms with Gasteiger partial charge >= 0.3 is 0 Å². The number of amides is 1. The normalized spacial score (nSPS) is 14.2. The lowest BCUT2D eigenvalue weighted by molar-refractivity contribution is -0.161. The van der Waals surface area contributed by atoms with Crippen LogP contribution in [0, 0.1) is 0 Å². The molecule has 1 rings (SSSR count). The number of carbonyl (C=O) groups is 1. The first-order valence-corrected chi connectivity index (χ1v) is 4.85. The van der Waals surface area contributed by atoms with Crippen LogP contribution in [0.5, 0.6) is 0 Å². The van der Waals surface area contributed by atoms with E-state index in [4.69, 9.17) is 15.1 Å². The fourth-order valence-electron chi connectivity index (χ4n) is 1.12. The molecule has 0 bridgehead atoms. The van der Waals surface area contributed by atoms with Gasteiger partial charge in [-0.15, -0.1) is 0 Å². The van der Waals surface area contributed by atoms with Gasteiger partial charge in [0.15, 0.2) is 5.60 Å². The third-order valence-corrected chi connectivity index (χ3v) is 2.28. The summed E-state index contributed by atoms with van der Waals surface area (Å²) in [6, 6.07) is 9.25. The first kappa shape index (κ1) is 12.6. The molecule has 3 N–H and O–H groups in total. The molecule has 5 heteroatoms. The molecule has 1 aromatic carbocycles. The molecule has 0 spiro atoms. The molecular formula is C11H15NO4. The predicted molar refractivity (Wildman–Crippen MR) is 56.7 cm³/mol. The number of aliphatic hydroxyl groups excluding tert-OH is 1. The van der Waals surface area contributed by atoms with Gasteiger partial charge in [0.2, 0.25) is 0 Å². The summed E-state index contributed by atoms with van der Waals surface area (Å²) >= 11 is 0. The zero-order valence-electron chi connectivity index (χ0n) is 9.01. The Morgan fingerprint density at radius 3 is 2.56 bits per heavy atom. The second-order valence-electron chi connectivity index (χ2n) is 3.60. The molecule has 0 aliphatic heterocycles. The van der Waals surface area contributed by atoms with Crippen LogP contribution in [0.4, 0.5) is 0 Å². The van der Waals surface area contributed by atoms with Gasteiger partial charge in [-0.25, -0.2) is 5.48 Å². The second kappa shape index (κ2) is 5.60. The highest BCUT2D eigenvalue weighted by molar-refractivity contribution is 5.83. The van der Waals surface area contributed by atoms with Crippen molar-refractivity contribution >= 4 is 5.91 Å². The number of ether oxygens (including phenoxy) is 1. The van der Waals surface area contributed by atoms with E-state index < -0.39 is 18.1 Å². The highest BCUT2D eigenvalue weighted by Gasteiger charge is 2.33. The molecule has 0 fully saturated rings. The fourth-order valence-corrected chi connectivity index (χ4v) is 1.12. The lowest BCUT2D eigenvalue weighted by atomic mass is 10.1. The van der Waals surface area contributed by atoms with E-state index in [0.29, 0.717) is 0 Å². The maximum absolute atomic E-state index is 11.2.